The van der Waals surface area contributed by atoms with E-state index in [1.165, 1.54) is 0 Å². The lowest BCUT2D eigenvalue weighted by atomic mass is 10.3. The van der Waals surface area contributed by atoms with Crippen molar-refractivity contribution < 1.29 is 8.42 Å². The summed E-state index contributed by atoms with van der Waals surface area (Å²) in [6.45, 7) is 0.897. The first-order chi connectivity index (χ1) is 7.61. The predicted octanol–water partition coefficient (Wildman–Crippen LogP) is 0.188. The van der Waals surface area contributed by atoms with Crippen LogP contribution in [0, 0.1) is 11.3 Å². The van der Waals surface area contributed by atoms with Crippen LogP contribution in [0.1, 0.15) is 5.56 Å². The highest BCUT2D eigenvalue weighted by Crippen LogP contribution is 2.15. The van der Waals surface area contributed by atoms with Gasteiger partial charge in [0.2, 0.25) is 0 Å². The molecule has 1 saturated heterocycles. The van der Waals surface area contributed by atoms with Gasteiger partial charge in [0.15, 0.2) is 9.84 Å². The van der Waals surface area contributed by atoms with Crippen LogP contribution in [0.5, 0.6) is 0 Å². The fraction of sp³-hybridized carbons (Fsp3) is 0.400. The van der Waals surface area contributed by atoms with Gasteiger partial charge in [-0.05, 0) is 12.1 Å². The molecule has 2 heterocycles. The van der Waals surface area contributed by atoms with E-state index in [2.05, 4.69) is 4.98 Å². The van der Waals surface area contributed by atoms with Crippen molar-refractivity contribution in [3.8, 4) is 6.07 Å². The van der Waals surface area contributed by atoms with Gasteiger partial charge in [-0.15, -0.1) is 0 Å². The predicted molar refractivity (Wildman–Crippen MR) is 59.8 cm³/mol. The summed E-state index contributed by atoms with van der Waals surface area (Å²) in [6, 6.07) is 5.35. The summed E-state index contributed by atoms with van der Waals surface area (Å²) in [7, 11) is -2.87. The normalized spacial score (nSPS) is 19.1. The number of anilines is 1. The standard InChI is InChI=1S/C10H11N3O2S/c11-8-9-1-2-12-10(7-9)13-3-5-16(14,15)6-4-13/h1-2,7H,3-6H2. The van der Waals surface area contributed by atoms with Crippen LogP contribution in [-0.2, 0) is 9.84 Å². The molecule has 0 unspecified atom stereocenters. The molecule has 2 rings (SSSR count). The van der Waals surface area contributed by atoms with Crippen LogP contribution in [0.25, 0.3) is 0 Å². The molecule has 5 nitrogen and oxygen atoms in total. The SMILES string of the molecule is N#Cc1ccnc(N2CCS(=O)(=O)CC2)c1. The number of nitrogens with zero attached hydrogens (tertiary/aromatic N) is 3. The Kier molecular flexibility index (Phi) is 2.79. The molecule has 0 bridgehead atoms. The molecule has 0 N–H and O–H groups in total. The lowest BCUT2D eigenvalue weighted by molar-refractivity contribution is 0.586. The van der Waals surface area contributed by atoms with Crippen LogP contribution in [0.3, 0.4) is 0 Å². The summed E-state index contributed by atoms with van der Waals surface area (Å²) in [5.41, 5.74) is 0.540. The van der Waals surface area contributed by atoms with Gasteiger partial charge in [0.25, 0.3) is 0 Å². The number of pyridine rings is 1. The maximum Gasteiger partial charge on any atom is 0.153 e. The van der Waals surface area contributed by atoms with Crippen molar-refractivity contribution in [3.05, 3.63) is 23.9 Å². The average molecular weight is 237 g/mol. The zero-order chi connectivity index (χ0) is 11.6. The van der Waals surface area contributed by atoms with Crippen molar-refractivity contribution >= 4 is 15.7 Å². The lowest BCUT2D eigenvalue weighted by Gasteiger charge is -2.27. The van der Waals surface area contributed by atoms with Crippen molar-refractivity contribution in [3.63, 3.8) is 0 Å². The maximum absolute atomic E-state index is 11.3. The van der Waals surface area contributed by atoms with Crippen LogP contribution in [0.15, 0.2) is 18.3 Å². The number of aromatic nitrogens is 1. The Morgan fingerprint density at radius 2 is 2.06 bits per heavy atom. The zero-order valence-corrected chi connectivity index (χ0v) is 9.44. The van der Waals surface area contributed by atoms with Gasteiger partial charge in [-0.3, -0.25) is 0 Å². The molecule has 1 aliphatic heterocycles. The van der Waals surface area contributed by atoms with E-state index < -0.39 is 9.84 Å². The smallest absolute Gasteiger partial charge is 0.153 e. The van der Waals surface area contributed by atoms with Crippen LogP contribution < -0.4 is 4.90 Å². The molecule has 1 aromatic rings. The van der Waals surface area contributed by atoms with Gasteiger partial charge in [0.05, 0.1) is 23.1 Å². The van der Waals surface area contributed by atoms with E-state index in [4.69, 9.17) is 5.26 Å². The monoisotopic (exact) mass is 237 g/mol. The van der Waals surface area contributed by atoms with E-state index in [0.29, 0.717) is 24.5 Å². The van der Waals surface area contributed by atoms with Crippen molar-refractivity contribution in [2.24, 2.45) is 0 Å². The average Bonchev–Trinajstić information content (AvgIpc) is 2.29. The quantitative estimate of drug-likeness (QED) is 0.697. The van der Waals surface area contributed by atoms with Crippen molar-refractivity contribution in [1.82, 2.24) is 4.98 Å². The molecule has 1 fully saturated rings. The first-order valence-electron chi connectivity index (χ1n) is 4.92. The third-order valence-electron chi connectivity index (χ3n) is 2.54. The Hall–Kier alpha value is -1.61. The second-order valence-electron chi connectivity index (χ2n) is 3.65. The maximum atomic E-state index is 11.3. The van der Waals surface area contributed by atoms with Crippen LogP contribution in [0.2, 0.25) is 0 Å². The minimum Gasteiger partial charge on any atom is -0.355 e. The van der Waals surface area contributed by atoms with Gasteiger partial charge >= 0.3 is 0 Å². The molecule has 16 heavy (non-hydrogen) atoms. The molecule has 0 atom stereocenters. The number of nitriles is 1. The molecule has 0 aromatic carbocycles. The second-order valence-corrected chi connectivity index (χ2v) is 5.96. The van der Waals surface area contributed by atoms with E-state index in [-0.39, 0.29) is 11.5 Å². The minimum absolute atomic E-state index is 0.158. The molecule has 0 saturated carbocycles. The summed E-state index contributed by atoms with van der Waals surface area (Å²) in [5, 5.41) is 8.75. The van der Waals surface area contributed by atoms with Gasteiger partial charge in [0.1, 0.15) is 5.82 Å². The highest BCUT2D eigenvalue weighted by molar-refractivity contribution is 7.91. The summed E-state index contributed by atoms with van der Waals surface area (Å²) in [4.78, 5) is 6.03. The molecular formula is C10H11N3O2S. The molecule has 1 aromatic heterocycles. The van der Waals surface area contributed by atoms with Gasteiger partial charge in [-0.25, -0.2) is 13.4 Å². The molecule has 1 aliphatic rings. The van der Waals surface area contributed by atoms with E-state index in [0.717, 1.165) is 0 Å². The molecule has 0 aliphatic carbocycles. The molecule has 0 spiro atoms. The van der Waals surface area contributed by atoms with Gasteiger partial charge in [0, 0.05) is 19.3 Å². The highest BCUT2D eigenvalue weighted by atomic mass is 32.2. The number of sulfone groups is 1. The Bertz CT molecular complexity index is 519. The first-order valence-corrected chi connectivity index (χ1v) is 6.74. The van der Waals surface area contributed by atoms with Crippen LogP contribution in [0.4, 0.5) is 5.82 Å². The minimum atomic E-state index is -2.87. The summed E-state index contributed by atoms with van der Waals surface area (Å²) >= 11 is 0. The largest absolute Gasteiger partial charge is 0.355 e. The van der Waals surface area contributed by atoms with Gasteiger partial charge in [-0.1, -0.05) is 0 Å². The van der Waals surface area contributed by atoms with Gasteiger partial charge in [-0.2, -0.15) is 5.26 Å². The van der Waals surface area contributed by atoms with Crippen molar-refractivity contribution in [1.29, 1.82) is 5.26 Å². The number of hydrogen-bond donors (Lipinski definition) is 0. The fourth-order valence-corrected chi connectivity index (χ4v) is 2.80. The molecule has 84 valence electrons. The first kappa shape index (κ1) is 10.9. The lowest BCUT2D eigenvalue weighted by Crippen LogP contribution is -2.40. The Morgan fingerprint density at radius 3 is 2.69 bits per heavy atom. The summed E-state index contributed by atoms with van der Waals surface area (Å²) < 4.78 is 22.5. The summed E-state index contributed by atoms with van der Waals surface area (Å²) in [5.74, 6) is 0.991. The Balaban J connectivity index is 2.17. The van der Waals surface area contributed by atoms with Crippen molar-refractivity contribution in [2.75, 3.05) is 29.5 Å². The van der Waals surface area contributed by atoms with E-state index in [1.807, 2.05) is 11.0 Å². The number of hydrogen-bond acceptors (Lipinski definition) is 5. The third kappa shape index (κ3) is 2.31. The zero-order valence-electron chi connectivity index (χ0n) is 8.63. The van der Waals surface area contributed by atoms with Crippen LogP contribution in [-0.4, -0.2) is 38.0 Å². The number of rotatable bonds is 1. The van der Waals surface area contributed by atoms with E-state index >= 15 is 0 Å². The van der Waals surface area contributed by atoms with E-state index in [1.54, 1.807) is 18.3 Å². The molecule has 0 amide bonds. The second kappa shape index (κ2) is 4.10. The Morgan fingerprint density at radius 1 is 1.38 bits per heavy atom. The van der Waals surface area contributed by atoms with E-state index in [9.17, 15) is 8.42 Å². The van der Waals surface area contributed by atoms with Crippen LogP contribution >= 0.6 is 0 Å². The highest BCUT2D eigenvalue weighted by Gasteiger charge is 2.22. The fourth-order valence-electron chi connectivity index (χ4n) is 1.60. The van der Waals surface area contributed by atoms with Gasteiger partial charge < -0.3 is 4.90 Å². The molecule has 6 heteroatoms. The molecule has 0 radical (unpaired) electrons. The summed E-state index contributed by atoms with van der Waals surface area (Å²) in [6.07, 6.45) is 1.57. The molecular weight excluding hydrogens is 226 g/mol. The topological polar surface area (TPSA) is 74.1 Å². The Labute approximate surface area is 94.2 Å². The van der Waals surface area contributed by atoms with Crippen molar-refractivity contribution in [2.45, 2.75) is 0 Å². The third-order valence-corrected chi connectivity index (χ3v) is 4.15.